The summed E-state index contributed by atoms with van der Waals surface area (Å²) >= 11 is 6.18. The number of hydrogen-bond donors (Lipinski definition) is 3. The van der Waals surface area contributed by atoms with E-state index in [-0.39, 0.29) is 34.1 Å². The number of carbonyl (C=O) groups is 2. The summed E-state index contributed by atoms with van der Waals surface area (Å²) in [6.07, 6.45) is 2.34. The first-order valence-electron chi connectivity index (χ1n) is 14.0. The van der Waals surface area contributed by atoms with Crippen molar-refractivity contribution >= 4 is 46.0 Å². The quantitative estimate of drug-likeness (QED) is 0.229. The third-order valence-corrected chi connectivity index (χ3v) is 8.14. The number of benzene rings is 1. The van der Waals surface area contributed by atoms with Crippen LogP contribution in [-0.2, 0) is 23.1 Å². The van der Waals surface area contributed by atoms with Gasteiger partial charge in [0.2, 0.25) is 17.7 Å². The number of nitrogens with one attached hydrogen (secondary N) is 1. The van der Waals surface area contributed by atoms with Gasteiger partial charge in [-0.2, -0.15) is 8.78 Å². The van der Waals surface area contributed by atoms with Crippen LogP contribution in [-0.4, -0.2) is 86.9 Å². The topological polar surface area (TPSA) is 161 Å². The van der Waals surface area contributed by atoms with Gasteiger partial charge in [0.25, 0.3) is 11.5 Å². The molecule has 5 rings (SSSR count). The summed E-state index contributed by atoms with van der Waals surface area (Å²) in [6, 6.07) is 2.22. The zero-order valence-electron chi connectivity index (χ0n) is 25.0. The van der Waals surface area contributed by atoms with Gasteiger partial charge in [0.05, 0.1) is 29.6 Å². The molecule has 3 aromatic heterocycles. The molecule has 4 heterocycles. The van der Waals surface area contributed by atoms with E-state index in [9.17, 15) is 28.3 Å². The van der Waals surface area contributed by atoms with Crippen LogP contribution in [0.5, 0.6) is 5.75 Å². The maximum Gasteiger partial charge on any atom is 0.263 e. The van der Waals surface area contributed by atoms with Gasteiger partial charge in [-0.3, -0.25) is 19.3 Å². The number of piperazine rings is 1. The predicted octanol–water partition coefficient (Wildman–Crippen LogP) is 2.47. The maximum absolute atomic E-state index is 15.1. The number of rotatable bonds is 9. The molecule has 0 saturated carbocycles. The summed E-state index contributed by atoms with van der Waals surface area (Å²) in [4.78, 5) is 50.5. The number of ether oxygens (including phenoxy) is 1. The first kappa shape index (κ1) is 32.7. The van der Waals surface area contributed by atoms with Gasteiger partial charge in [0.15, 0.2) is 11.6 Å². The van der Waals surface area contributed by atoms with Gasteiger partial charge in [-0.1, -0.05) is 11.6 Å². The Morgan fingerprint density at radius 2 is 1.93 bits per heavy atom. The Labute approximate surface area is 264 Å². The third kappa shape index (κ3) is 6.10. The summed E-state index contributed by atoms with van der Waals surface area (Å²) in [5, 5.41) is 11.8. The van der Waals surface area contributed by atoms with Crippen molar-refractivity contribution in [3.8, 4) is 16.9 Å². The van der Waals surface area contributed by atoms with E-state index in [1.165, 1.54) is 30.2 Å². The molecule has 1 aliphatic rings. The summed E-state index contributed by atoms with van der Waals surface area (Å²) in [5.74, 6) is -7.28. The van der Waals surface area contributed by atoms with Crippen LogP contribution in [0.1, 0.15) is 17.3 Å². The molecule has 1 aromatic carbocycles. The molecule has 0 bridgehead atoms. The van der Waals surface area contributed by atoms with Crippen LogP contribution in [0.3, 0.4) is 0 Å². The lowest BCUT2D eigenvalue weighted by atomic mass is 10.0. The molecule has 0 radical (unpaired) electrons. The van der Waals surface area contributed by atoms with E-state index in [4.69, 9.17) is 22.1 Å². The Hall–Kier alpha value is -4.67. The fourth-order valence-corrected chi connectivity index (χ4v) is 5.60. The number of primary amides is 1. The lowest BCUT2D eigenvalue weighted by molar-refractivity contribution is -0.116. The number of amides is 2. The number of carbonyl (C=O) groups excluding carboxylic acids is 2. The van der Waals surface area contributed by atoms with Gasteiger partial charge >= 0.3 is 0 Å². The molecule has 4 N–H and O–H groups in total. The number of aromatic nitrogens is 4. The Kier molecular flexibility index (Phi) is 9.23. The van der Waals surface area contributed by atoms with E-state index in [2.05, 4.69) is 20.2 Å². The summed E-state index contributed by atoms with van der Waals surface area (Å²) in [6.45, 7) is 4.67. The molecule has 1 atom stereocenters. The molecule has 2 amide bonds. The molecule has 0 aliphatic carbocycles. The van der Waals surface area contributed by atoms with E-state index >= 15 is 4.39 Å². The first-order valence-corrected chi connectivity index (χ1v) is 14.4. The van der Waals surface area contributed by atoms with Crippen LogP contribution in [0, 0.1) is 17.6 Å². The summed E-state index contributed by atoms with van der Waals surface area (Å²) in [7, 11) is 3.01. The van der Waals surface area contributed by atoms with Gasteiger partial charge in [-0.05, 0) is 13.0 Å². The summed E-state index contributed by atoms with van der Waals surface area (Å²) < 4.78 is 52.0. The average molecular weight is 663 g/mol. The van der Waals surface area contributed by atoms with Crippen molar-refractivity contribution in [2.24, 2.45) is 12.8 Å². The second-order valence-electron chi connectivity index (χ2n) is 10.9. The van der Waals surface area contributed by atoms with Crippen molar-refractivity contribution < 1.29 is 32.6 Å². The van der Waals surface area contributed by atoms with Crippen LogP contribution in [0.4, 0.5) is 24.7 Å². The Morgan fingerprint density at radius 3 is 2.61 bits per heavy atom. The molecule has 1 aliphatic heterocycles. The van der Waals surface area contributed by atoms with Crippen molar-refractivity contribution in [1.82, 2.24) is 24.0 Å². The van der Waals surface area contributed by atoms with Crippen molar-refractivity contribution in [2.45, 2.75) is 19.5 Å². The number of fused-ring (bicyclic) bond motifs is 1. The number of halogens is 4. The zero-order chi connectivity index (χ0) is 33.4. The predicted molar refractivity (Wildman–Crippen MR) is 163 cm³/mol. The van der Waals surface area contributed by atoms with Crippen LogP contribution in [0.25, 0.3) is 22.2 Å². The first-order chi connectivity index (χ1) is 21.8. The van der Waals surface area contributed by atoms with Crippen LogP contribution < -0.4 is 21.5 Å². The van der Waals surface area contributed by atoms with Crippen molar-refractivity contribution in [1.29, 1.82) is 0 Å². The van der Waals surface area contributed by atoms with Gasteiger partial charge in [0.1, 0.15) is 23.0 Å². The van der Waals surface area contributed by atoms with Crippen molar-refractivity contribution in [2.75, 3.05) is 50.1 Å². The van der Waals surface area contributed by atoms with Gasteiger partial charge < -0.3 is 34.9 Å². The fraction of sp³-hybridized carbons (Fsp3) is 0.345. The number of nitrogens with zero attached hydrogens (tertiary/aromatic N) is 6. The molecule has 1 fully saturated rings. The van der Waals surface area contributed by atoms with Crippen LogP contribution >= 0.6 is 11.6 Å². The number of anilines is 2. The van der Waals surface area contributed by atoms with E-state index in [1.807, 2.05) is 11.8 Å². The van der Waals surface area contributed by atoms with E-state index in [0.29, 0.717) is 26.2 Å². The highest BCUT2D eigenvalue weighted by Crippen LogP contribution is 2.36. The number of pyridine rings is 1. The highest BCUT2D eigenvalue weighted by Gasteiger charge is 2.28. The average Bonchev–Trinajstić information content (AvgIpc) is 3.37. The lowest BCUT2D eigenvalue weighted by Gasteiger charge is -2.40. The standard InChI is InChI=1S/C29H30ClF3N8O5/c1-14-10-39(6-7-46-3)4-5-41(14)19-9-18(22(30)26(33)37-19)36-20(42)12-40-11-17(21-28(40)35-13-38(2)29(21)45)15-8-16(27(34)44)25(43)24(32)23(15)31/h8-9,11,13-14,43H,4-7,10,12H2,1-3H3,(H2,34,44)(H,36,37,42)/t14-/m0/s1. The smallest absolute Gasteiger partial charge is 0.263 e. The molecule has 0 spiro atoms. The van der Waals surface area contributed by atoms with Crippen LogP contribution in [0.2, 0.25) is 5.02 Å². The van der Waals surface area contributed by atoms with E-state index in [1.54, 1.807) is 7.11 Å². The van der Waals surface area contributed by atoms with Crippen LogP contribution in [0.15, 0.2) is 29.5 Å². The van der Waals surface area contributed by atoms with Gasteiger partial charge in [-0.25, -0.2) is 14.4 Å². The lowest BCUT2D eigenvalue weighted by Crippen LogP contribution is -2.53. The highest BCUT2D eigenvalue weighted by atomic mass is 35.5. The highest BCUT2D eigenvalue weighted by molar-refractivity contribution is 6.33. The minimum atomic E-state index is -1.75. The number of hydrogen-bond acceptors (Lipinski definition) is 9. The number of phenols is 1. The third-order valence-electron chi connectivity index (χ3n) is 7.78. The fourth-order valence-electron chi connectivity index (χ4n) is 5.46. The molecular formula is C29H30ClF3N8O5. The Bertz CT molecular complexity index is 1920. The molecular weight excluding hydrogens is 633 g/mol. The molecule has 46 heavy (non-hydrogen) atoms. The van der Waals surface area contributed by atoms with E-state index < -0.39 is 63.4 Å². The Balaban J connectivity index is 1.47. The second kappa shape index (κ2) is 13.0. The van der Waals surface area contributed by atoms with Gasteiger partial charge in [0, 0.05) is 69.8 Å². The number of aryl methyl sites for hydroxylation is 1. The normalized spacial score (nSPS) is 15.5. The monoisotopic (exact) mass is 662 g/mol. The minimum absolute atomic E-state index is 0.0409. The van der Waals surface area contributed by atoms with Crippen molar-refractivity contribution in [3.63, 3.8) is 0 Å². The van der Waals surface area contributed by atoms with Gasteiger partial charge in [-0.15, -0.1) is 0 Å². The maximum atomic E-state index is 15.1. The molecule has 244 valence electrons. The SMILES string of the molecule is COCCN1CCN(c2cc(NC(=O)Cn3cc(-c4cc(C(N)=O)c(O)c(F)c4F)c4c(=O)n(C)cnc43)c(Cl)c(F)n2)[C@@H](C)C1. The molecule has 1 saturated heterocycles. The molecule has 4 aromatic rings. The van der Waals surface area contributed by atoms with E-state index in [0.717, 1.165) is 17.2 Å². The molecule has 0 unspecified atom stereocenters. The largest absolute Gasteiger partial charge is 0.504 e. The minimum Gasteiger partial charge on any atom is -0.504 e. The number of methoxy groups -OCH3 is 1. The summed E-state index contributed by atoms with van der Waals surface area (Å²) in [5.41, 5.74) is 2.92. The second-order valence-corrected chi connectivity index (χ2v) is 11.2. The molecule has 17 heteroatoms. The number of aromatic hydroxyl groups is 1. The Morgan fingerprint density at radius 1 is 1.20 bits per heavy atom. The number of nitrogens with two attached hydrogens (primary N) is 1. The van der Waals surface area contributed by atoms with Crippen molar-refractivity contribution in [3.05, 3.63) is 63.2 Å². The molecule has 13 nitrogen and oxygen atoms in total. The zero-order valence-corrected chi connectivity index (χ0v) is 25.7.